The third-order valence-electron chi connectivity index (χ3n) is 4.60. The number of aromatic nitrogens is 3. The number of amides is 2. The van der Waals surface area contributed by atoms with Crippen LogP contribution in [0.3, 0.4) is 0 Å². The Balaban J connectivity index is 1.74. The molecule has 0 aliphatic heterocycles. The number of carbonyl (C=O) groups is 1. The first-order valence-corrected chi connectivity index (χ1v) is 9.05. The van der Waals surface area contributed by atoms with E-state index < -0.39 is 6.03 Å². The van der Waals surface area contributed by atoms with Crippen LogP contribution >= 0.6 is 0 Å². The van der Waals surface area contributed by atoms with E-state index in [0.717, 1.165) is 22.0 Å². The Kier molecular flexibility index (Phi) is 4.67. The third-order valence-corrected chi connectivity index (χ3v) is 4.60. The zero-order valence-electron chi connectivity index (χ0n) is 16.0. The molecule has 0 aliphatic carbocycles. The van der Waals surface area contributed by atoms with Crippen molar-refractivity contribution in [2.75, 3.05) is 10.6 Å². The lowest BCUT2D eigenvalue weighted by atomic mass is 10.1. The largest absolute Gasteiger partial charge is 0.324 e. The zero-order valence-corrected chi connectivity index (χ0v) is 16.0. The maximum Gasteiger partial charge on any atom is 0.324 e. The van der Waals surface area contributed by atoms with Gasteiger partial charge in [0, 0.05) is 11.1 Å². The van der Waals surface area contributed by atoms with Gasteiger partial charge in [-0.15, -0.1) is 0 Å². The Morgan fingerprint density at radius 2 is 1.83 bits per heavy atom. The SMILES string of the molecule is Cc1cc(-n2ncc(C#N)c2NC(=O)Nc2ccccc2)nc2c(C)cccc12. The summed E-state index contributed by atoms with van der Waals surface area (Å²) in [6.45, 7) is 3.99. The second-order valence-electron chi connectivity index (χ2n) is 6.64. The Morgan fingerprint density at radius 1 is 1.03 bits per heavy atom. The summed E-state index contributed by atoms with van der Waals surface area (Å²) in [5.41, 5.74) is 3.82. The molecule has 0 saturated carbocycles. The highest BCUT2D eigenvalue weighted by Crippen LogP contribution is 2.25. The smallest absolute Gasteiger partial charge is 0.308 e. The maximum absolute atomic E-state index is 12.5. The topological polar surface area (TPSA) is 95.6 Å². The molecule has 2 heterocycles. The van der Waals surface area contributed by atoms with Crippen LogP contribution in [0, 0.1) is 25.2 Å². The van der Waals surface area contributed by atoms with Crippen LogP contribution in [0.2, 0.25) is 0 Å². The summed E-state index contributed by atoms with van der Waals surface area (Å²) in [6, 6.07) is 18.6. The molecule has 2 aromatic heterocycles. The van der Waals surface area contributed by atoms with Gasteiger partial charge < -0.3 is 5.32 Å². The molecule has 2 amide bonds. The molecular formula is C22H18N6O. The van der Waals surface area contributed by atoms with Crippen LogP contribution in [-0.4, -0.2) is 20.8 Å². The lowest BCUT2D eigenvalue weighted by molar-refractivity contribution is 0.262. The Morgan fingerprint density at radius 3 is 2.59 bits per heavy atom. The highest BCUT2D eigenvalue weighted by molar-refractivity contribution is 6.00. The minimum atomic E-state index is -0.469. The van der Waals surface area contributed by atoms with Gasteiger partial charge in [-0.1, -0.05) is 36.4 Å². The number of fused-ring (bicyclic) bond motifs is 1. The standard InChI is InChI=1S/C22H18N6O/c1-14-7-6-10-18-15(2)11-19(26-20(14)18)28-21(16(12-23)13-24-28)27-22(29)25-17-8-4-3-5-9-17/h3-11,13H,1-2H3,(H2,25,27,29). The van der Waals surface area contributed by atoms with E-state index in [1.54, 1.807) is 12.1 Å². The van der Waals surface area contributed by atoms with Crippen molar-refractivity contribution in [2.45, 2.75) is 13.8 Å². The number of hydrogen-bond acceptors (Lipinski definition) is 4. The summed E-state index contributed by atoms with van der Waals surface area (Å²) >= 11 is 0. The fourth-order valence-corrected chi connectivity index (χ4v) is 3.17. The van der Waals surface area contributed by atoms with Gasteiger partial charge in [0.05, 0.1) is 11.7 Å². The van der Waals surface area contributed by atoms with Gasteiger partial charge in [-0.2, -0.15) is 15.0 Å². The molecule has 0 spiro atoms. The molecule has 0 bridgehead atoms. The number of carbonyl (C=O) groups excluding carboxylic acids is 1. The van der Waals surface area contributed by atoms with Crippen molar-refractivity contribution in [3.63, 3.8) is 0 Å². The number of pyridine rings is 1. The molecule has 0 unspecified atom stereocenters. The molecule has 2 N–H and O–H groups in total. The number of aryl methyl sites for hydroxylation is 2. The van der Waals surface area contributed by atoms with E-state index in [2.05, 4.69) is 21.8 Å². The molecule has 0 radical (unpaired) electrons. The number of anilines is 2. The van der Waals surface area contributed by atoms with Gasteiger partial charge >= 0.3 is 6.03 Å². The fourth-order valence-electron chi connectivity index (χ4n) is 3.17. The molecule has 0 atom stereocenters. The number of benzene rings is 2. The Hall–Kier alpha value is -4.18. The monoisotopic (exact) mass is 382 g/mol. The minimum Gasteiger partial charge on any atom is -0.308 e. The minimum absolute atomic E-state index is 0.248. The molecule has 0 fully saturated rings. The quantitative estimate of drug-likeness (QED) is 0.543. The van der Waals surface area contributed by atoms with Crippen molar-refractivity contribution in [2.24, 2.45) is 0 Å². The maximum atomic E-state index is 12.5. The number of nitriles is 1. The van der Waals surface area contributed by atoms with Gasteiger partial charge in [-0.3, -0.25) is 5.32 Å². The number of para-hydroxylation sites is 2. The van der Waals surface area contributed by atoms with Crippen LogP contribution in [0.5, 0.6) is 0 Å². The Labute approximate surface area is 167 Å². The fraction of sp³-hybridized carbons (Fsp3) is 0.0909. The summed E-state index contributed by atoms with van der Waals surface area (Å²) in [6.07, 6.45) is 1.41. The van der Waals surface area contributed by atoms with Gasteiger partial charge in [-0.05, 0) is 43.2 Å². The molecule has 7 heteroatoms. The highest BCUT2D eigenvalue weighted by atomic mass is 16.2. The van der Waals surface area contributed by atoms with E-state index in [-0.39, 0.29) is 11.4 Å². The van der Waals surface area contributed by atoms with Gasteiger partial charge in [0.1, 0.15) is 11.6 Å². The van der Waals surface area contributed by atoms with Crippen molar-refractivity contribution >= 4 is 28.4 Å². The van der Waals surface area contributed by atoms with Crippen molar-refractivity contribution in [1.29, 1.82) is 5.26 Å². The van der Waals surface area contributed by atoms with Crippen molar-refractivity contribution in [3.8, 4) is 11.9 Å². The molecule has 2 aromatic carbocycles. The molecule has 0 saturated heterocycles. The number of nitrogens with one attached hydrogen (secondary N) is 2. The molecular weight excluding hydrogens is 364 g/mol. The van der Waals surface area contributed by atoms with Gasteiger partial charge in [-0.25, -0.2) is 9.78 Å². The average Bonchev–Trinajstić information content (AvgIpc) is 3.12. The predicted octanol–water partition coefficient (Wildman–Crippen LogP) is 4.55. The molecule has 4 rings (SSSR count). The van der Waals surface area contributed by atoms with Crippen LogP contribution in [-0.2, 0) is 0 Å². The van der Waals surface area contributed by atoms with Crippen LogP contribution in [0.15, 0.2) is 60.8 Å². The average molecular weight is 382 g/mol. The van der Waals surface area contributed by atoms with Gasteiger partial charge in [0.2, 0.25) is 0 Å². The van der Waals surface area contributed by atoms with Gasteiger partial charge in [0.15, 0.2) is 11.6 Å². The van der Waals surface area contributed by atoms with E-state index in [4.69, 9.17) is 4.98 Å². The summed E-state index contributed by atoms with van der Waals surface area (Å²) in [5, 5.41) is 20.3. The zero-order chi connectivity index (χ0) is 20.4. The number of rotatable bonds is 3. The van der Waals surface area contributed by atoms with Gasteiger partial charge in [0.25, 0.3) is 0 Å². The van der Waals surface area contributed by atoms with E-state index >= 15 is 0 Å². The number of hydrogen-bond donors (Lipinski definition) is 2. The second kappa shape index (κ2) is 7.44. The lowest BCUT2D eigenvalue weighted by Crippen LogP contribution is -2.22. The lowest BCUT2D eigenvalue weighted by Gasteiger charge is -2.12. The molecule has 7 nitrogen and oxygen atoms in total. The van der Waals surface area contributed by atoms with E-state index in [0.29, 0.717) is 11.5 Å². The highest BCUT2D eigenvalue weighted by Gasteiger charge is 2.17. The first-order valence-electron chi connectivity index (χ1n) is 9.05. The molecule has 29 heavy (non-hydrogen) atoms. The molecule has 0 aliphatic rings. The summed E-state index contributed by atoms with van der Waals surface area (Å²) in [7, 11) is 0. The van der Waals surface area contributed by atoms with E-state index in [1.807, 2.05) is 56.3 Å². The first-order chi connectivity index (χ1) is 14.1. The van der Waals surface area contributed by atoms with E-state index in [9.17, 15) is 10.1 Å². The van der Waals surface area contributed by atoms with Crippen molar-refractivity contribution in [1.82, 2.24) is 14.8 Å². The van der Waals surface area contributed by atoms with E-state index in [1.165, 1.54) is 10.9 Å². The molecule has 4 aromatic rings. The Bertz CT molecular complexity index is 1250. The third kappa shape index (κ3) is 3.51. The summed E-state index contributed by atoms with van der Waals surface area (Å²) in [5.74, 6) is 0.793. The van der Waals surface area contributed by atoms with Crippen LogP contribution in [0.4, 0.5) is 16.3 Å². The first kappa shape index (κ1) is 18.2. The summed E-state index contributed by atoms with van der Waals surface area (Å²) < 4.78 is 1.47. The number of urea groups is 1. The van der Waals surface area contributed by atoms with Crippen LogP contribution < -0.4 is 10.6 Å². The van der Waals surface area contributed by atoms with Crippen LogP contribution in [0.25, 0.3) is 16.7 Å². The van der Waals surface area contributed by atoms with Crippen molar-refractivity contribution < 1.29 is 4.79 Å². The van der Waals surface area contributed by atoms with Crippen LogP contribution in [0.1, 0.15) is 16.7 Å². The van der Waals surface area contributed by atoms with Crippen molar-refractivity contribution in [3.05, 3.63) is 77.5 Å². The normalized spacial score (nSPS) is 10.5. The predicted molar refractivity (Wildman–Crippen MR) is 112 cm³/mol. The number of nitrogens with zero attached hydrogens (tertiary/aromatic N) is 4. The second-order valence-corrected chi connectivity index (χ2v) is 6.64. The summed E-state index contributed by atoms with van der Waals surface area (Å²) in [4.78, 5) is 17.2. The molecule has 142 valence electrons.